The van der Waals surface area contributed by atoms with Crippen LogP contribution in [0.4, 0.5) is 0 Å². The highest BCUT2D eigenvalue weighted by Gasteiger charge is 2.20. The van der Waals surface area contributed by atoms with E-state index in [0.717, 1.165) is 43.4 Å². The second-order valence-corrected chi connectivity index (χ2v) is 5.91. The monoisotopic (exact) mass is 293 g/mol. The molecule has 0 aromatic carbocycles. The van der Waals surface area contributed by atoms with E-state index in [1.807, 2.05) is 19.2 Å². The van der Waals surface area contributed by atoms with E-state index in [4.69, 9.17) is 4.98 Å². The maximum absolute atomic E-state index is 4.74. The Morgan fingerprint density at radius 1 is 1.18 bits per heavy atom. The molecule has 0 saturated carbocycles. The number of hydrogen-bond acceptors (Lipinski definition) is 4. The van der Waals surface area contributed by atoms with E-state index >= 15 is 0 Å². The quantitative estimate of drug-likeness (QED) is 0.727. The van der Waals surface area contributed by atoms with Crippen LogP contribution in [0.3, 0.4) is 0 Å². The molecule has 22 heavy (non-hydrogen) atoms. The molecular weight excluding hydrogens is 274 g/mol. The van der Waals surface area contributed by atoms with E-state index in [9.17, 15) is 0 Å². The average Bonchev–Trinajstić information content (AvgIpc) is 2.84. The summed E-state index contributed by atoms with van der Waals surface area (Å²) < 4.78 is 2.15. The van der Waals surface area contributed by atoms with Crippen molar-refractivity contribution in [2.45, 2.75) is 33.4 Å². The molecule has 4 rings (SSSR count). The molecule has 112 valence electrons. The Balaban J connectivity index is 1.60. The van der Waals surface area contributed by atoms with Crippen molar-refractivity contribution in [1.29, 1.82) is 0 Å². The highest BCUT2D eigenvalue weighted by molar-refractivity contribution is 5.53. The van der Waals surface area contributed by atoms with Gasteiger partial charge in [0.1, 0.15) is 11.6 Å². The summed E-state index contributed by atoms with van der Waals surface area (Å²) in [5, 5.41) is 0. The lowest BCUT2D eigenvalue weighted by molar-refractivity contribution is 0.241. The average molecular weight is 293 g/mol. The highest BCUT2D eigenvalue weighted by Crippen LogP contribution is 2.20. The van der Waals surface area contributed by atoms with Gasteiger partial charge in [-0.3, -0.25) is 4.90 Å². The van der Waals surface area contributed by atoms with Crippen LogP contribution in [0.15, 0.2) is 30.6 Å². The van der Waals surface area contributed by atoms with Gasteiger partial charge in [0.15, 0.2) is 0 Å². The Morgan fingerprint density at radius 2 is 2.09 bits per heavy atom. The van der Waals surface area contributed by atoms with Crippen LogP contribution in [0, 0.1) is 13.8 Å². The van der Waals surface area contributed by atoms with Crippen molar-refractivity contribution >= 4 is 5.52 Å². The minimum atomic E-state index is 0.864. The van der Waals surface area contributed by atoms with Gasteiger partial charge in [-0.1, -0.05) is 6.07 Å². The summed E-state index contributed by atoms with van der Waals surface area (Å²) in [6, 6.07) is 6.25. The normalized spacial score (nSPS) is 15.2. The van der Waals surface area contributed by atoms with Crippen LogP contribution in [0.1, 0.15) is 28.6 Å². The molecule has 3 aromatic rings. The number of rotatable bonds is 2. The third-order valence-corrected chi connectivity index (χ3v) is 4.31. The summed E-state index contributed by atoms with van der Waals surface area (Å²) in [6.07, 6.45) is 5.03. The summed E-state index contributed by atoms with van der Waals surface area (Å²) in [4.78, 5) is 16.1. The highest BCUT2D eigenvalue weighted by atomic mass is 15.2. The smallest absolute Gasteiger partial charge is 0.125 e. The number of fused-ring (bicyclic) bond motifs is 2. The molecule has 1 aliphatic heterocycles. The molecule has 0 aliphatic carbocycles. The number of hydrogen-bond donors (Lipinski definition) is 0. The summed E-state index contributed by atoms with van der Waals surface area (Å²) in [7, 11) is 0. The van der Waals surface area contributed by atoms with Gasteiger partial charge in [-0.15, -0.1) is 0 Å². The van der Waals surface area contributed by atoms with Crippen molar-refractivity contribution in [2.75, 3.05) is 6.54 Å². The zero-order valence-corrected chi connectivity index (χ0v) is 13.0. The fourth-order valence-electron chi connectivity index (χ4n) is 3.20. The van der Waals surface area contributed by atoms with Crippen molar-refractivity contribution in [3.05, 3.63) is 59.2 Å². The van der Waals surface area contributed by atoms with Crippen molar-refractivity contribution < 1.29 is 0 Å². The molecule has 0 fully saturated rings. The molecule has 0 radical (unpaired) electrons. The Labute approximate surface area is 129 Å². The lowest BCUT2D eigenvalue weighted by atomic mass is 10.1. The summed E-state index contributed by atoms with van der Waals surface area (Å²) in [5.74, 6) is 1.91. The van der Waals surface area contributed by atoms with Gasteiger partial charge in [0.2, 0.25) is 0 Å². The molecule has 0 saturated heterocycles. The molecule has 0 amide bonds. The predicted octanol–water partition coefficient (Wildman–Crippen LogP) is 2.30. The van der Waals surface area contributed by atoms with Gasteiger partial charge in [0.05, 0.1) is 11.2 Å². The van der Waals surface area contributed by atoms with Crippen molar-refractivity contribution in [3.8, 4) is 0 Å². The van der Waals surface area contributed by atoms with E-state index in [1.165, 1.54) is 16.8 Å². The molecule has 1 aliphatic rings. The van der Waals surface area contributed by atoms with E-state index in [-0.39, 0.29) is 0 Å². The Hall–Kier alpha value is -2.27. The van der Waals surface area contributed by atoms with Crippen molar-refractivity contribution in [3.63, 3.8) is 0 Å². The van der Waals surface area contributed by atoms with Crippen LogP contribution in [-0.2, 0) is 19.5 Å². The van der Waals surface area contributed by atoms with Crippen molar-refractivity contribution in [1.82, 2.24) is 24.3 Å². The number of pyridine rings is 1. The van der Waals surface area contributed by atoms with E-state index in [2.05, 4.69) is 44.5 Å². The molecule has 0 N–H and O–H groups in total. The topological polar surface area (TPSA) is 46.3 Å². The Bertz CT molecular complexity index is 836. The van der Waals surface area contributed by atoms with Crippen molar-refractivity contribution in [2.24, 2.45) is 0 Å². The Kier molecular flexibility index (Phi) is 3.15. The third kappa shape index (κ3) is 2.27. The molecular formula is C17H19N5. The SMILES string of the molecule is Cc1ncc2c(n1)CCN(Cc1nc(C)n3ccccc13)C2. The number of imidazole rings is 1. The first-order chi connectivity index (χ1) is 10.7. The number of nitrogens with zero attached hydrogens (tertiary/aromatic N) is 5. The lowest BCUT2D eigenvalue weighted by Gasteiger charge is -2.27. The number of aromatic nitrogens is 4. The molecule has 5 heteroatoms. The molecule has 3 aromatic heterocycles. The minimum absolute atomic E-state index is 0.864. The third-order valence-electron chi connectivity index (χ3n) is 4.31. The van der Waals surface area contributed by atoms with Gasteiger partial charge < -0.3 is 4.40 Å². The first kappa shape index (κ1) is 13.4. The zero-order chi connectivity index (χ0) is 15.1. The van der Waals surface area contributed by atoms with Gasteiger partial charge in [0.25, 0.3) is 0 Å². The fourth-order valence-corrected chi connectivity index (χ4v) is 3.20. The van der Waals surface area contributed by atoms with E-state index in [0.29, 0.717) is 0 Å². The van der Waals surface area contributed by atoms with E-state index < -0.39 is 0 Å². The lowest BCUT2D eigenvalue weighted by Crippen LogP contribution is -2.31. The first-order valence-corrected chi connectivity index (χ1v) is 7.67. The minimum Gasteiger partial charge on any atom is -0.304 e. The van der Waals surface area contributed by atoms with Gasteiger partial charge in [-0.05, 0) is 26.0 Å². The van der Waals surface area contributed by atoms with Crippen LogP contribution in [-0.4, -0.2) is 30.8 Å². The molecule has 5 nitrogen and oxygen atoms in total. The van der Waals surface area contributed by atoms with Crippen LogP contribution in [0.5, 0.6) is 0 Å². The molecule has 4 heterocycles. The van der Waals surface area contributed by atoms with Gasteiger partial charge in [-0.2, -0.15) is 0 Å². The van der Waals surface area contributed by atoms with Crippen LogP contribution in [0.25, 0.3) is 5.52 Å². The van der Waals surface area contributed by atoms with E-state index in [1.54, 1.807) is 0 Å². The maximum Gasteiger partial charge on any atom is 0.125 e. The van der Waals surface area contributed by atoms with Crippen LogP contribution < -0.4 is 0 Å². The summed E-state index contributed by atoms with van der Waals surface area (Å²) >= 11 is 0. The molecule has 0 bridgehead atoms. The van der Waals surface area contributed by atoms with Crippen LogP contribution in [0.2, 0.25) is 0 Å². The van der Waals surface area contributed by atoms with Gasteiger partial charge >= 0.3 is 0 Å². The second kappa shape index (κ2) is 5.18. The van der Waals surface area contributed by atoms with Gasteiger partial charge in [-0.25, -0.2) is 15.0 Å². The summed E-state index contributed by atoms with van der Waals surface area (Å²) in [6.45, 7) is 6.80. The maximum atomic E-state index is 4.74. The molecule has 0 atom stereocenters. The largest absolute Gasteiger partial charge is 0.304 e. The van der Waals surface area contributed by atoms with Crippen LogP contribution >= 0.6 is 0 Å². The molecule has 0 unspecified atom stereocenters. The number of aryl methyl sites for hydroxylation is 2. The zero-order valence-electron chi connectivity index (χ0n) is 13.0. The molecule has 0 spiro atoms. The first-order valence-electron chi connectivity index (χ1n) is 7.67. The van der Waals surface area contributed by atoms with Gasteiger partial charge in [0, 0.05) is 49.7 Å². The Morgan fingerprint density at radius 3 is 3.00 bits per heavy atom. The summed E-state index contributed by atoms with van der Waals surface area (Å²) in [5.41, 5.74) is 4.80. The second-order valence-electron chi connectivity index (χ2n) is 5.91. The predicted molar refractivity (Wildman–Crippen MR) is 84.5 cm³/mol. The standard InChI is InChI=1S/C17H19N5/c1-12-18-9-14-10-21(8-6-15(14)19-12)11-16-17-5-3-4-7-22(17)13(2)20-16/h3-5,7,9H,6,8,10-11H2,1-2H3. The fraction of sp³-hybridized carbons (Fsp3) is 0.353.